The molecule has 0 amide bonds. The molecule has 0 aliphatic rings. The lowest BCUT2D eigenvalue weighted by Crippen LogP contribution is -2.26. The van der Waals surface area contributed by atoms with Gasteiger partial charge in [0.2, 0.25) is 0 Å². The van der Waals surface area contributed by atoms with Crippen LogP contribution in [0.15, 0.2) is 72.8 Å². The zero-order chi connectivity index (χ0) is 15.9. The summed E-state index contributed by atoms with van der Waals surface area (Å²) in [5.41, 5.74) is -0.352. The van der Waals surface area contributed by atoms with Crippen LogP contribution in [0.2, 0.25) is 0 Å². The number of hydrogen-bond donors (Lipinski definition) is 0. The molecule has 0 saturated carbocycles. The summed E-state index contributed by atoms with van der Waals surface area (Å²) in [5.74, 6) is -3.03. The number of carbonyl (C=O) groups is 2. The van der Waals surface area contributed by atoms with Crippen molar-refractivity contribution in [3.8, 4) is 0 Å². The van der Waals surface area contributed by atoms with Crippen molar-refractivity contribution in [2.45, 2.75) is 6.92 Å². The topological polar surface area (TPSA) is 109 Å². The van der Waals surface area contributed by atoms with Gasteiger partial charge in [-0.15, -0.1) is 0 Å². The van der Waals surface area contributed by atoms with E-state index in [4.69, 9.17) is 0 Å². The van der Waals surface area contributed by atoms with Gasteiger partial charge in [-0.1, -0.05) is 12.1 Å². The Balaban J connectivity index is 0.000000293. The molecule has 0 aliphatic heterocycles. The number of aromatic nitrogens is 2. The number of aliphatic carboxylic acids is 2. The molecule has 2 N–H and O–H groups in total. The van der Waals surface area contributed by atoms with Crippen LogP contribution >= 0.6 is 0 Å². The lowest BCUT2D eigenvalue weighted by Gasteiger charge is -2.00. The van der Waals surface area contributed by atoms with Crippen molar-refractivity contribution >= 4 is 11.9 Å². The van der Waals surface area contributed by atoms with Crippen molar-refractivity contribution < 1.29 is 29.8 Å². The Bertz CT molecular complexity index is 457. The maximum absolute atomic E-state index is 9.76. The van der Waals surface area contributed by atoms with Crippen molar-refractivity contribution in [1.29, 1.82) is 0 Å². The first kappa shape index (κ1) is 18.0. The fourth-order valence-electron chi connectivity index (χ4n) is 0.920. The molecule has 0 radical (unpaired) electrons. The summed E-state index contributed by atoms with van der Waals surface area (Å²) >= 11 is 0. The molecule has 0 aromatic carbocycles. The number of hydrogen-bond acceptors (Lipinski definition) is 4. The van der Waals surface area contributed by atoms with Gasteiger partial charge >= 0.3 is 0 Å². The van der Waals surface area contributed by atoms with E-state index >= 15 is 0 Å². The SMILES string of the molecule is C/C(=C\C(=O)[O-])C(=O)[O-].c1cc[nH+]cc1.c1cc[nH+]cc1. The number of H-pyrrole nitrogens is 2. The quantitative estimate of drug-likeness (QED) is 0.622. The normalized spacial score (nSPS) is 9.29. The Morgan fingerprint density at radius 1 is 0.810 bits per heavy atom. The largest absolute Gasteiger partial charge is 0.545 e. The summed E-state index contributed by atoms with van der Waals surface area (Å²) in [7, 11) is 0. The Hall–Kier alpha value is -3.02. The number of carbonyl (C=O) groups excluding carboxylic acids is 2. The molecular weight excluding hydrogens is 272 g/mol. The van der Waals surface area contributed by atoms with Crippen LogP contribution in [0.4, 0.5) is 0 Å². The van der Waals surface area contributed by atoms with E-state index in [9.17, 15) is 19.8 Å². The molecule has 0 saturated heterocycles. The molecular formula is C15H16N2O4. The first-order valence-corrected chi connectivity index (χ1v) is 5.97. The lowest BCUT2D eigenvalue weighted by atomic mass is 10.3. The number of aromatic amines is 2. The van der Waals surface area contributed by atoms with Gasteiger partial charge in [0.15, 0.2) is 24.8 Å². The lowest BCUT2D eigenvalue weighted by molar-refractivity contribution is -0.378. The summed E-state index contributed by atoms with van der Waals surface area (Å²) in [6.45, 7) is 1.12. The van der Waals surface area contributed by atoms with Gasteiger partial charge in [0, 0.05) is 24.3 Å². The minimum Gasteiger partial charge on any atom is -0.545 e. The second-order valence-electron chi connectivity index (χ2n) is 3.59. The zero-order valence-electron chi connectivity index (χ0n) is 11.5. The van der Waals surface area contributed by atoms with E-state index in [1.54, 1.807) is 0 Å². The highest BCUT2D eigenvalue weighted by Crippen LogP contribution is 1.86. The van der Waals surface area contributed by atoms with Gasteiger partial charge in [-0.25, -0.2) is 9.97 Å². The van der Waals surface area contributed by atoms with Gasteiger partial charge < -0.3 is 19.8 Å². The van der Waals surface area contributed by atoms with E-state index < -0.39 is 11.9 Å². The third-order valence-electron chi connectivity index (χ3n) is 1.87. The molecule has 2 aromatic heterocycles. The summed E-state index contributed by atoms with van der Waals surface area (Å²) < 4.78 is 0. The van der Waals surface area contributed by atoms with Gasteiger partial charge in [0.1, 0.15) is 0 Å². The number of nitrogens with one attached hydrogen (secondary N) is 2. The Kier molecular flexibility index (Phi) is 10.3. The van der Waals surface area contributed by atoms with Gasteiger partial charge in [-0.05, 0) is 18.6 Å². The van der Waals surface area contributed by atoms with Crippen LogP contribution in [0, 0.1) is 0 Å². The molecule has 0 spiro atoms. The van der Waals surface area contributed by atoms with Crippen LogP contribution in [0.25, 0.3) is 0 Å². The molecule has 6 heteroatoms. The fraction of sp³-hybridized carbons (Fsp3) is 0.0667. The summed E-state index contributed by atoms with van der Waals surface area (Å²) in [6.07, 6.45) is 7.97. The summed E-state index contributed by atoms with van der Waals surface area (Å²) in [5, 5.41) is 19.4. The van der Waals surface area contributed by atoms with E-state index in [0.717, 1.165) is 6.92 Å². The van der Waals surface area contributed by atoms with Gasteiger partial charge in [0.05, 0.1) is 11.9 Å². The van der Waals surface area contributed by atoms with Crippen molar-refractivity contribution in [1.82, 2.24) is 0 Å². The summed E-state index contributed by atoms with van der Waals surface area (Å²) in [4.78, 5) is 25.2. The van der Waals surface area contributed by atoms with Crippen molar-refractivity contribution in [2.24, 2.45) is 0 Å². The van der Waals surface area contributed by atoms with E-state index in [2.05, 4.69) is 9.97 Å². The predicted octanol–water partition coefficient (Wildman–Crippen LogP) is -1.57. The second kappa shape index (κ2) is 12.0. The third-order valence-corrected chi connectivity index (χ3v) is 1.87. The average Bonchev–Trinajstić information content (AvgIpc) is 2.51. The Morgan fingerprint density at radius 3 is 1.29 bits per heavy atom. The monoisotopic (exact) mass is 288 g/mol. The van der Waals surface area contributed by atoms with Crippen LogP contribution in [0.5, 0.6) is 0 Å². The van der Waals surface area contributed by atoms with Gasteiger partial charge in [0.25, 0.3) is 0 Å². The number of carboxylic acids is 2. The highest BCUT2D eigenvalue weighted by atomic mass is 16.4. The van der Waals surface area contributed by atoms with Crippen LogP contribution in [0.3, 0.4) is 0 Å². The minimum atomic E-state index is -1.53. The zero-order valence-corrected chi connectivity index (χ0v) is 11.5. The molecule has 0 bridgehead atoms. The van der Waals surface area contributed by atoms with Gasteiger partial charge in [-0.2, -0.15) is 0 Å². The van der Waals surface area contributed by atoms with Crippen LogP contribution < -0.4 is 20.2 Å². The highest BCUT2D eigenvalue weighted by Gasteiger charge is 1.86. The Morgan fingerprint density at radius 2 is 1.19 bits per heavy atom. The van der Waals surface area contributed by atoms with E-state index in [1.807, 2.05) is 61.2 Å². The van der Waals surface area contributed by atoms with Crippen molar-refractivity contribution in [3.63, 3.8) is 0 Å². The smallest absolute Gasteiger partial charge is 0.166 e. The highest BCUT2D eigenvalue weighted by molar-refractivity contribution is 5.92. The second-order valence-corrected chi connectivity index (χ2v) is 3.59. The minimum absolute atomic E-state index is 0.352. The molecule has 0 atom stereocenters. The molecule has 21 heavy (non-hydrogen) atoms. The standard InChI is InChI=1S/2C5H5N.C5H6O4/c2*1-2-4-6-5-3-1;1-3(5(8)9)2-4(6)7/h2*1-5H;2H,1H3,(H,6,7)(H,8,9)/b;;3-2+. The third kappa shape index (κ3) is 13.2. The van der Waals surface area contributed by atoms with Crippen LogP contribution in [-0.2, 0) is 9.59 Å². The molecule has 6 nitrogen and oxygen atoms in total. The molecule has 0 unspecified atom stereocenters. The van der Waals surface area contributed by atoms with Crippen LogP contribution in [-0.4, -0.2) is 11.9 Å². The first-order valence-electron chi connectivity index (χ1n) is 5.97. The predicted molar refractivity (Wildman–Crippen MR) is 69.8 cm³/mol. The van der Waals surface area contributed by atoms with Crippen molar-refractivity contribution in [2.75, 3.05) is 0 Å². The number of rotatable bonds is 2. The molecule has 0 fully saturated rings. The Labute approximate surface area is 122 Å². The maximum Gasteiger partial charge on any atom is 0.166 e. The molecule has 110 valence electrons. The molecule has 0 aliphatic carbocycles. The molecule has 2 heterocycles. The molecule has 2 rings (SSSR count). The average molecular weight is 288 g/mol. The van der Waals surface area contributed by atoms with Crippen molar-refractivity contribution in [3.05, 3.63) is 72.8 Å². The van der Waals surface area contributed by atoms with E-state index in [-0.39, 0.29) is 5.57 Å². The summed E-state index contributed by atoms with van der Waals surface area (Å²) in [6, 6.07) is 11.7. The molecule has 2 aromatic rings. The maximum atomic E-state index is 9.76. The van der Waals surface area contributed by atoms with Gasteiger partial charge in [-0.3, -0.25) is 0 Å². The number of pyridine rings is 2. The first-order chi connectivity index (χ1) is 10.0. The number of carboxylic acid groups (broad SMARTS) is 2. The van der Waals surface area contributed by atoms with Crippen LogP contribution in [0.1, 0.15) is 6.92 Å². The van der Waals surface area contributed by atoms with E-state index in [1.165, 1.54) is 0 Å². The fourth-order valence-corrected chi connectivity index (χ4v) is 0.920. The van der Waals surface area contributed by atoms with E-state index in [0.29, 0.717) is 6.08 Å².